The standard InChI is InChI=1S/C17H17N5O/c23-17(19-10-13-4-2-1-3-5-13)14-11-21(12-14)16-7-8-18-15-6-9-20-22(15)16/h1-9,14H,10-12H2,(H,19,23). The van der Waals surface area contributed by atoms with Crippen LogP contribution in [0.3, 0.4) is 0 Å². The highest BCUT2D eigenvalue weighted by molar-refractivity contribution is 5.81. The second kappa shape index (κ2) is 5.72. The third-order valence-electron chi connectivity index (χ3n) is 4.16. The van der Waals surface area contributed by atoms with Gasteiger partial charge in [-0.2, -0.15) is 9.61 Å². The van der Waals surface area contributed by atoms with Crippen LogP contribution in [0.5, 0.6) is 0 Å². The van der Waals surface area contributed by atoms with Gasteiger partial charge in [0.2, 0.25) is 5.91 Å². The molecule has 1 aliphatic rings. The van der Waals surface area contributed by atoms with Crippen LogP contribution in [0.15, 0.2) is 54.9 Å². The van der Waals surface area contributed by atoms with E-state index >= 15 is 0 Å². The Bertz CT molecular complexity index is 823. The second-order valence-corrected chi connectivity index (χ2v) is 5.71. The van der Waals surface area contributed by atoms with E-state index in [0.29, 0.717) is 19.6 Å². The van der Waals surface area contributed by atoms with Crippen molar-refractivity contribution in [1.82, 2.24) is 19.9 Å². The lowest BCUT2D eigenvalue weighted by atomic mass is 9.99. The summed E-state index contributed by atoms with van der Waals surface area (Å²) in [6.45, 7) is 1.99. The maximum absolute atomic E-state index is 12.2. The SMILES string of the molecule is O=C(NCc1ccccc1)C1CN(c2ccnc3ccnn23)C1. The fourth-order valence-electron chi connectivity index (χ4n) is 2.82. The maximum atomic E-state index is 12.2. The molecule has 23 heavy (non-hydrogen) atoms. The molecule has 2 aromatic heterocycles. The van der Waals surface area contributed by atoms with Crippen LogP contribution < -0.4 is 10.2 Å². The summed E-state index contributed by atoms with van der Waals surface area (Å²) in [7, 11) is 0. The van der Waals surface area contributed by atoms with Crippen LogP contribution in [-0.2, 0) is 11.3 Å². The van der Waals surface area contributed by atoms with Crippen LogP contribution in [0.1, 0.15) is 5.56 Å². The van der Waals surface area contributed by atoms with Gasteiger partial charge in [0, 0.05) is 31.9 Å². The molecule has 0 spiro atoms. The van der Waals surface area contributed by atoms with E-state index < -0.39 is 0 Å². The highest BCUT2D eigenvalue weighted by Gasteiger charge is 2.33. The van der Waals surface area contributed by atoms with E-state index in [4.69, 9.17) is 0 Å². The topological polar surface area (TPSA) is 62.5 Å². The highest BCUT2D eigenvalue weighted by atomic mass is 16.2. The molecule has 0 atom stereocenters. The second-order valence-electron chi connectivity index (χ2n) is 5.71. The summed E-state index contributed by atoms with van der Waals surface area (Å²) in [5.41, 5.74) is 1.93. The molecule has 0 saturated carbocycles. The summed E-state index contributed by atoms with van der Waals surface area (Å²) in [6.07, 6.45) is 3.50. The molecule has 1 saturated heterocycles. The molecule has 0 radical (unpaired) electrons. The lowest BCUT2D eigenvalue weighted by Gasteiger charge is -2.39. The fourth-order valence-corrected chi connectivity index (χ4v) is 2.82. The molecule has 3 heterocycles. The first-order chi connectivity index (χ1) is 11.3. The molecule has 6 nitrogen and oxygen atoms in total. The van der Waals surface area contributed by atoms with Gasteiger partial charge >= 0.3 is 0 Å². The van der Waals surface area contributed by atoms with E-state index in [1.54, 1.807) is 16.9 Å². The molecule has 6 heteroatoms. The fraction of sp³-hybridized carbons (Fsp3) is 0.235. The van der Waals surface area contributed by atoms with Crippen LogP contribution in [0.2, 0.25) is 0 Å². The Morgan fingerprint density at radius 3 is 2.78 bits per heavy atom. The van der Waals surface area contributed by atoms with Crippen molar-refractivity contribution in [1.29, 1.82) is 0 Å². The number of amides is 1. The molecule has 1 amide bonds. The molecule has 1 fully saturated rings. The number of carbonyl (C=O) groups is 1. The zero-order valence-corrected chi connectivity index (χ0v) is 12.6. The molecule has 4 rings (SSSR count). The van der Waals surface area contributed by atoms with E-state index in [2.05, 4.69) is 20.3 Å². The van der Waals surface area contributed by atoms with E-state index in [1.165, 1.54) is 0 Å². The van der Waals surface area contributed by atoms with Gasteiger partial charge in [-0.15, -0.1) is 0 Å². The highest BCUT2D eigenvalue weighted by Crippen LogP contribution is 2.24. The summed E-state index contributed by atoms with van der Waals surface area (Å²) < 4.78 is 1.80. The van der Waals surface area contributed by atoms with Gasteiger partial charge in [-0.25, -0.2) is 4.98 Å². The van der Waals surface area contributed by atoms with Crippen molar-refractivity contribution in [2.45, 2.75) is 6.54 Å². The van der Waals surface area contributed by atoms with Gasteiger partial charge in [-0.05, 0) is 11.6 Å². The normalized spacial score (nSPS) is 14.7. The molecule has 116 valence electrons. The van der Waals surface area contributed by atoms with Crippen molar-refractivity contribution in [3.63, 3.8) is 0 Å². The Kier molecular flexibility index (Phi) is 3.42. The lowest BCUT2D eigenvalue weighted by molar-refractivity contribution is -0.125. The zero-order valence-electron chi connectivity index (χ0n) is 12.6. The molecular formula is C17H17N5O. The maximum Gasteiger partial charge on any atom is 0.226 e. The summed E-state index contributed by atoms with van der Waals surface area (Å²) in [5.74, 6) is 1.11. The summed E-state index contributed by atoms with van der Waals surface area (Å²) in [5, 5.41) is 7.28. The van der Waals surface area contributed by atoms with Crippen LogP contribution in [0.4, 0.5) is 5.82 Å². The van der Waals surface area contributed by atoms with E-state index in [0.717, 1.165) is 17.0 Å². The number of carbonyl (C=O) groups excluding carboxylic acids is 1. The molecule has 0 unspecified atom stereocenters. The average molecular weight is 307 g/mol. The minimum atomic E-state index is 0.0255. The van der Waals surface area contributed by atoms with E-state index in [9.17, 15) is 4.79 Å². The Labute approximate surface area is 133 Å². The average Bonchev–Trinajstić information content (AvgIpc) is 3.02. The smallest absolute Gasteiger partial charge is 0.226 e. The quantitative estimate of drug-likeness (QED) is 0.793. The first-order valence-electron chi connectivity index (χ1n) is 7.66. The predicted octanol–water partition coefficient (Wildman–Crippen LogP) is 1.48. The van der Waals surface area contributed by atoms with Gasteiger partial charge in [-0.3, -0.25) is 4.79 Å². The van der Waals surface area contributed by atoms with Gasteiger partial charge in [-0.1, -0.05) is 30.3 Å². The van der Waals surface area contributed by atoms with E-state index in [-0.39, 0.29) is 11.8 Å². The van der Waals surface area contributed by atoms with Crippen LogP contribution in [-0.4, -0.2) is 33.6 Å². The Hall–Kier alpha value is -2.89. The molecular weight excluding hydrogens is 290 g/mol. The Morgan fingerprint density at radius 2 is 1.96 bits per heavy atom. The largest absolute Gasteiger partial charge is 0.355 e. The third-order valence-corrected chi connectivity index (χ3v) is 4.16. The van der Waals surface area contributed by atoms with Crippen LogP contribution in [0, 0.1) is 5.92 Å². The van der Waals surface area contributed by atoms with Crippen molar-refractivity contribution in [2.24, 2.45) is 5.92 Å². The summed E-state index contributed by atoms with van der Waals surface area (Å²) in [6, 6.07) is 13.7. The zero-order chi connectivity index (χ0) is 15.6. The molecule has 1 aliphatic heterocycles. The number of hydrogen-bond acceptors (Lipinski definition) is 4. The van der Waals surface area contributed by atoms with Crippen molar-refractivity contribution < 1.29 is 4.79 Å². The van der Waals surface area contributed by atoms with Crippen molar-refractivity contribution in [2.75, 3.05) is 18.0 Å². The monoisotopic (exact) mass is 307 g/mol. The molecule has 0 aliphatic carbocycles. The Balaban J connectivity index is 1.36. The molecule has 1 aromatic carbocycles. The van der Waals surface area contributed by atoms with Crippen molar-refractivity contribution >= 4 is 17.4 Å². The Morgan fingerprint density at radius 1 is 1.13 bits per heavy atom. The van der Waals surface area contributed by atoms with Gasteiger partial charge in [0.1, 0.15) is 5.82 Å². The first kappa shape index (κ1) is 13.8. The van der Waals surface area contributed by atoms with Gasteiger partial charge < -0.3 is 10.2 Å². The van der Waals surface area contributed by atoms with Crippen molar-refractivity contribution in [3.05, 3.63) is 60.4 Å². The lowest BCUT2D eigenvalue weighted by Crippen LogP contribution is -2.54. The van der Waals surface area contributed by atoms with Gasteiger partial charge in [0.05, 0.1) is 12.1 Å². The van der Waals surface area contributed by atoms with Crippen LogP contribution >= 0.6 is 0 Å². The summed E-state index contributed by atoms with van der Waals surface area (Å²) in [4.78, 5) is 18.6. The number of anilines is 1. The molecule has 1 N–H and O–H groups in total. The van der Waals surface area contributed by atoms with Crippen LogP contribution in [0.25, 0.3) is 5.65 Å². The minimum absolute atomic E-state index is 0.0255. The number of fused-ring (bicyclic) bond motifs is 1. The number of nitrogens with one attached hydrogen (secondary N) is 1. The first-order valence-corrected chi connectivity index (χ1v) is 7.66. The number of hydrogen-bond donors (Lipinski definition) is 1. The third kappa shape index (κ3) is 2.63. The number of rotatable bonds is 4. The summed E-state index contributed by atoms with van der Waals surface area (Å²) >= 11 is 0. The number of nitrogens with zero attached hydrogens (tertiary/aromatic N) is 4. The predicted molar refractivity (Wildman–Crippen MR) is 87.0 cm³/mol. The van der Waals surface area contributed by atoms with Gasteiger partial charge in [0.15, 0.2) is 5.65 Å². The van der Waals surface area contributed by atoms with Crippen molar-refractivity contribution in [3.8, 4) is 0 Å². The van der Waals surface area contributed by atoms with E-state index in [1.807, 2.05) is 42.5 Å². The number of benzene rings is 1. The number of aromatic nitrogens is 3. The van der Waals surface area contributed by atoms with Gasteiger partial charge in [0.25, 0.3) is 0 Å². The molecule has 3 aromatic rings. The molecule has 0 bridgehead atoms. The minimum Gasteiger partial charge on any atom is -0.355 e.